The van der Waals surface area contributed by atoms with Gasteiger partial charge in [0.25, 0.3) is 10.0 Å². The van der Waals surface area contributed by atoms with Crippen LogP contribution in [0.2, 0.25) is 0 Å². The van der Waals surface area contributed by atoms with Crippen molar-refractivity contribution in [1.82, 2.24) is 0 Å². The van der Waals surface area contributed by atoms with E-state index < -0.39 is 10.0 Å². The molecule has 0 saturated heterocycles. The summed E-state index contributed by atoms with van der Waals surface area (Å²) in [5.74, 6) is 0.633. The van der Waals surface area contributed by atoms with Crippen LogP contribution < -0.4 is 9.04 Å². The fourth-order valence-corrected chi connectivity index (χ4v) is 4.13. The number of para-hydroxylation sites is 1. The Kier molecular flexibility index (Phi) is 4.76. The van der Waals surface area contributed by atoms with Crippen LogP contribution in [0.1, 0.15) is 18.1 Å². The van der Waals surface area contributed by atoms with E-state index in [1.54, 1.807) is 31.4 Å². The number of anilines is 1. The fraction of sp³-hybridized carbons (Fsp3) is 0.294. The van der Waals surface area contributed by atoms with Gasteiger partial charge in [-0.25, -0.2) is 8.42 Å². The number of hydrogen-bond donors (Lipinski definition) is 0. The van der Waals surface area contributed by atoms with Crippen LogP contribution in [-0.2, 0) is 10.0 Å². The van der Waals surface area contributed by atoms with Crippen LogP contribution in [0.5, 0.6) is 5.75 Å². The largest absolute Gasteiger partial charge is 0.497 e. The fourth-order valence-electron chi connectivity index (χ4n) is 2.52. The predicted octanol–water partition coefficient (Wildman–Crippen LogP) is 3.53. The zero-order valence-corrected chi connectivity index (χ0v) is 14.1. The van der Waals surface area contributed by atoms with E-state index in [0.717, 1.165) is 16.8 Å². The highest BCUT2D eigenvalue weighted by atomic mass is 32.2. The van der Waals surface area contributed by atoms with Crippen LogP contribution >= 0.6 is 0 Å². The standard InChI is InChI=1S/C17H21NO3S/c1-5-18(17-13(2)7-6-8-14(17)3)22(19,20)16-11-9-15(21-4)10-12-16/h6-12H,5H2,1-4H3. The van der Waals surface area contributed by atoms with Gasteiger partial charge in [-0.3, -0.25) is 4.31 Å². The van der Waals surface area contributed by atoms with E-state index >= 15 is 0 Å². The van der Waals surface area contributed by atoms with Crippen molar-refractivity contribution >= 4 is 15.7 Å². The minimum Gasteiger partial charge on any atom is -0.497 e. The lowest BCUT2D eigenvalue weighted by Gasteiger charge is -2.26. The maximum atomic E-state index is 13.0. The van der Waals surface area contributed by atoms with E-state index in [1.165, 1.54) is 4.31 Å². The van der Waals surface area contributed by atoms with Crippen LogP contribution in [0.4, 0.5) is 5.69 Å². The van der Waals surface area contributed by atoms with Crippen molar-refractivity contribution in [3.63, 3.8) is 0 Å². The second-order valence-electron chi connectivity index (χ2n) is 5.09. The van der Waals surface area contributed by atoms with Crippen molar-refractivity contribution in [2.45, 2.75) is 25.7 Å². The van der Waals surface area contributed by atoms with Crippen LogP contribution in [0.3, 0.4) is 0 Å². The molecule has 0 atom stereocenters. The lowest BCUT2D eigenvalue weighted by molar-refractivity contribution is 0.414. The Hall–Kier alpha value is -2.01. The summed E-state index contributed by atoms with van der Waals surface area (Å²) < 4.78 is 32.4. The Morgan fingerprint density at radius 3 is 2.00 bits per heavy atom. The number of ether oxygens (including phenoxy) is 1. The van der Waals surface area contributed by atoms with E-state index in [2.05, 4.69) is 0 Å². The molecule has 0 aromatic heterocycles. The van der Waals surface area contributed by atoms with Crippen molar-refractivity contribution in [2.75, 3.05) is 18.0 Å². The first kappa shape index (κ1) is 16.4. The summed E-state index contributed by atoms with van der Waals surface area (Å²) in [4.78, 5) is 0.262. The third-order valence-electron chi connectivity index (χ3n) is 3.62. The molecule has 0 unspecified atom stereocenters. The molecule has 0 radical (unpaired) electrons. The average Bonchev–Trinajstić information content (AvgIpc) is 2.51. The monoisotopic (exact) mass is 319 g/mol. The molecule has 0 heterocycles. The maximum absolute atomic E-state index is 13.0. The molecule has 0 N–H and O–H groups in total. The van der Waals surface area contributed by atoms with Gasteiger partial charge in [0.2, 0.25) is 0 Å². The zero-order chi connectivity index (χ0) is 16.3. The first-order valence-electron chi connectivity index (χ1n) is 7.14. The number of sulfonamides is 1. The van der Waals surface area contributed by atoms with Crippen LogP contribution in [0, 0.1) is 13.8 Å². The van der Waals surface area contributed by atoms with Gasteiger partial charge in [-0.1, -0.05) is 18.2 Å². The Balaban J connectivity index is 2.53. The molecule has 4 nitrogen and oxygen atoms in total. The normalized spacial score (nSPS) is 11.3. The first-order chi connectivity index (χ1) is 10.4. The van der Waals surface area contributed by atoms with Gasteiger partial charge in [0.1, 0.15) is 5.75 Å². The molecule has 22 heavy (non-hydrogen) atoms. The molecule has 0 aliphatic carbocycles. The molecular weight excluding hydrogens is 298 g/mol. The van der Waals surface area contributed by atoms with E-state index in [0.29, 0.717) is 12.3 Å². The number of methoxy groups -OCH3 is 1. The van der Waals surface area contributed by atoms with Crippen molar-refractivity contribution < 1.29 is 13.2 Å². The Bertz CT molecular complexity index is 732. The van der Waals surface area contributed by atoms with E-state index in [4.69, 9.17) is 4.74 Å². The predicted molar refractivity (Wildman–Crippen MR) is 89.1 cm³/mol. The molecule has 2 aromatic rings. The van der Waals surface area contributed by atoms with Gasteiger partial charge < -0.3 is 4.74 Å². The summed E-state index contributed by atoms with van der Waals surface area (Å²) in [5, 5.41) is 0. The van der Waals surface area contributed by atoms with Gasteiger partial charge in [0.15, 0.2) is 0 Å². The van der Waals surface area contributed by atoms with Crippen molar-refractivity contribution in [3.8, 4) is 5.75 Å². The maximum Gasteiger partial charge on any atom is 0.264 e. The molecule has 0 saturated carbocycles. The van der Waals surface area contributed by atoms with Crippen LogP contribution in [0.25, 0.3) is 0 Å². The number of nitrogens with zero attached hydrogens (tertiary/aromatic N) is 1. The minimum atomic E-state index is -3.60. The molecule has 0 spiro atoms. The molecule has 118 valence electrons. The molecule has 5 heteroatoms. The second-order valence-corrected chi connectivity index (χ2v) is 6.95. The van der Waals surface area contributed by atoms with E-state index in [9.17, 15) is 8.42 Å². The molecule has 2 aromatic carbocycles. The molecule has 0 amide bonds. The van der Waals surface area contributed by atoms with E-state index in [-0.39, 0.29) is 4.90 Å². The number of aryl methyl sites for hydroxylation is 2. The zero-order valence-electron chi connectivity index (χ0n) is 13.3. The highest BCUT2D eigenvalue weighted by Gasteiger charge is 2.25. The van der Waals surface area contributed by atoms with Gasteiger partial charge in [0, 0.05) is 6.54 Å². The molecule has 0 aliphatic rings. The van der Waals surface area contributed by atoms with Gasteiger partial charge in [-0.05, 0) is 56.2 Å². The highest BCUT2D eigenvalue weighted by molar-refractivity contribution is 7.92. The van der Waals surface area contributed by atoms with Gasteiger partial charge in [0.05, 0.1) is 17.7 Å². The summed E-state index contributed by atoms with van der Waals surface area (Å²) in [5.41, 5.74) is 2.64. The lowest BCUT2D eigenvalue weighted by Crippen LogP contribution is -2.32. The Morgan fingerprint density at radius 1 is 1.00 bits per heavy atom. The van der Waals surface area contributed by atoms with Crippen LogP contribution in [0.15, 0.2) is 47.4 Å². The van der Waals surface area contributed by atoms with Gasteiger partial charge >= 0.3 is 0 Å². The quantitative estimate of drug-likeness (QED) is 0.847. The van der Waals surface area contributed by atoms with Crippen molar-refractivity contribution in [3.05, 3.63) is 53.6 Å². The van der Waals surface area contributed by atoms with Crippen LogP contribution in [-0.4, -0.2) is 22.1 Å². The number of hydrogen-bond acceptors (Lipinski definition) is 3. The van der Waals surface area contributed by atoms with E-state index in [1.807, 2.05) is 39.0 Å². The molecule has 0 bridgehead atoms. The topological polar surface area (TPSA) is 46.6 Å². The third kappa shape index (κ3) is 2.95. The molecule has 0 aliphatic heterocycles. The second kappa shape index (κ2) is 6.40. The highest BCUT2D eigenvalue weighted by Crippen LogP contribution is 2.30. The minimum absolute atomic E-state index is 0.262. The summed E-state index contributed by atoms with van der Waals surface area (Å²) in [6.45, 7) is 6.07. The summed E-state index contributed by atoms with van der Waals surface area (Å²) in [6.07, 6.45) is 0. The molecule has 0 fully saturated rings. The SMILES string of the molecule is CCN(c1c(C)cccc1C)S(=O)(=O)c1ccc(OC)cc1. The smallest absolute Gasteiger partial charge is 0.264 e. The Morgan fingerprint density at radius 2 is 1.55 bits per heavy atom. The molecule has 2 rings (SSSR count). The first-order valence-corrected chi connectivity index (χ1v) is 8.58. The van der Waals surface area contributed by atoms with Gasteiger partial charge in [-0.15, -0.1) is 0 Å². The summed E-state index contributed by atoms with van der Waals surface area (Å²) in [7, 11) is -2.04. The number of benzene rings is 2. The van der Waals surface area contributed by atoms with Crippen molar-refractivity contribution in [2.24, 2.45) is 0 Å². The van der Waals surface area contributed by atoms with Gasteiger partial charge in [-0.2, -0.15) is 0 Å². The molecular formula is C17H21NO3S. The number of rotatable bonds is 5. The summed E-state index contributed by atoms with van der Waals surface area (Å²) >= 11 is 0. The lowest BCUT2D eigenvalue weighted by atomic mass is 10.1. The Labute approximate surface area is 132 Å². The third-order valence-corrected chi connectivity index (χ3v) is 5.51. The average molecular weight is 319 g/mol. The van der Waals surface area contributed by atoms with Crippen molar-refractivity contribution in [1.29, 1.82) is 0 Å². The summed E-state index contributed by atoms with van der Waals surface area (Å²) in [6, 6.07) is 12.2.